The van der Waals surface area contributed by atoms with Crippen molar-refractivity contribution in [1.82, 2.24) is 4.90 Å². The van der Waals surface area contributed by atoms with E-state index in [2.05, 4.69) is 0 Å². The van der Waals surface area contributed by atoms with Gasteiger partial charge in [0.2, 0.25) is 0 Å². The third-order valence-electron chi connectivity index (χ3n) is 2.07. The van der Waals surface area contributed by atoms with Gasteiger partial charge in [-0.2, -0.15) is 11.8 Å². The second-order valence-electron chi connectivity index (χ2n) is 4.25. The molecule has 0 aliphatic carbocycles. The minimum absolute atomic E-state index is 0.187. The first-order chi connectivity index (χ1) is 7.97. The van der Waals surface area contributed by atoms with E-state index in [4.69, 9.17) is 14.9 Å². The van der Waals surface area contributed by atoms with Gasteiger partial charge in [0, 0.05) is 18.1 Å². The molecule has 0 aromatic carbocycles. The average molecular weight is 265 g/mol. The zero-order chi connectivity index (χ0) is 13.3. The standard InChI is InChI=1S/C11H23NO4S/c1-9(7-17-8-10(14)6-13)11(15)16-5-4-12(2)3/h9-10,13-14H,4-8H2,1-3H3. The summed E-state index contributed by atoms with van der Waals surface area (Å²) >= 11 is 1.44. The fourth-order valence-electron chi connectivity index (χ4n) is 0.973. The maximum Gasteiger partial charge on any atom is 0.309 e. The Hall–Kier alpha value is -0.300. The molecule has 0 saturated heterocycles. The fraction of sp³-hybridized carbons (Fsp3) is 0.909. The molecule has 5 nitrogen and oxygen atoms in total. The number of hydrogen-bond acceptors (Lipinski definition) is 6. The number of aliphatic hydroxyl groups excluding tert-OH is 2. The first-order valence-corrected chi connectivity index (χ1v) is 6.80. The lowest BCUT2D eigenvalue weighted by Crippen LogP contribution is -2.24. The molecule has 0 aromatic rings. The Labute approximate surface area is 107 Å². The molecule has 2 atom stereocenters. The molecule has 0 rings (SSSR count). The van der Waals surface area contributed by atoms with Crippen molar-refractivity contribution in [1.29, 1.82) is 0 Å². The minimum atomic E-state index is -0.711. The summed E-state index contributed by atoms with van der Waals surface area (Å²) in [5, 5.41) is 17.7. The van der Waals surface area contributed by atoms with Crippen molar-refractivity contribution in [2.24, 2.45) is 5.92 Å². The van der Waals surface area contributed by atoms with Crippen molar-refractivity contribution in [3.63, 3.8) is 0 Å². The van der Waals surface area contributed by atoms with Gasteiger partial charge in [-0.3, -0.25) is 4.79 Å². The Bertz CT molecular complexity index is 214. The van der Waals surface area contributed by atoms with Gasteiger partial charge >= 0.3 is 5.97 Å². The molecular weight excluding hydrogens is 242 g/mol. The molecule has 102 valence electrons. The van der Waals surface area contributed by atoms with Crippen molar-refractivity contribution in [3.8, 4) is 0 Å². The summed E-state index contributed by atoms with van der Waals surface area (Å²) in [6.45, 7) is 2.68. The summed E-state index contributed by atoms with van der Waals surface area (Å²) in [7, 11) is 3.84. The summed E-state index contributed by atoms with van der Waals surface area (Å²) in [4.78, 5) is 13.5. The van der Waals surface area contributed by atoms with Crippen LogP contribution in [0.5, 0.6) is 0 Å². The van der Waals surface area contributed by atoms with E-state index in [1.54, 1.807) is 6.92 Å². The van der Waals surface area contributed by atoms with Crippen LogP contribution in [-0.4, -0.2) is 72.5 Å². The third kappa shape index (κ3) is 9.41. The zero-order valence-electron chi connectivity index (χ0n) is 10.8. The van der Waals surface area contributed by atoms with Gasteiger partial charge in [0.15, 0.2) is 0 Å². The van der Waals surface area contributed by atoms with E-state index in [-0.39, 0.29) is 18.5 Å². The molecule has 6 heteroatoms. The molecule has 0 fully saturated rings. The smallest absolute Gasteiger partial charge is 0.309 e. The van der Waals surface area contributed by atoms with E-state index >= 15 is 0 Å². The highest BCUT2D eigenvalue weighted by Crippen LogP contribution is 2.11. The van der Waals surface area contributed by atoms with Gasteiger partial charge in [-0.25, -0.2) is 0 Å². The molecule has 2 unspecified atom stereocenters. The van der Waals surface area contributed by atoms with Crippen LogP contribution < -0.4 is 0 Å². The molecule has 0 spiro atoms. The highest BCUT2D eigenvalue weighted by Gasteiger charge is 2.15. The van der Waals surface area contributed by atoms with Gasteiger partial charge in [-0.1, -0.05) is 6.92 Å². The Morgan fingerprint density at radius 3 is 2.59 bits per heavy atom. The Kier molecular flexibility index (Phi) is 9.53. The van der Waals surface area contributed by atoms with E-state index in [1.165, 1.54) is 11.8 Å². The SMILES string of the molecule is CC(CSCC(O)CO)C(=O)OCCN(C)C. The molecule has 0 heterocycles. The lowest BCUT2D eigenvalue weighted by Gasteiger charge is -2.14. The van der Waals surface area contributed by atoms with Crippen LogP contribution in [0.25, 0.3) is 0 Å². The van der Waals surface area contributed by atoms with Gasteiger partial charge in [-0.05, 0) is 14.1 Å². The summed E-state index contributed by atoms with van der Waals surface area (Å²) in [5.41, 5.74) is 0. The predicted octanol–water partition coefficient (Wildman–Crippen LogP) is -0.186. The highest BCUT2D eigenvalue weighted by atomic mass is 32.2. The summed E-state index contributed by atoms with van der Waals surface area (Å²) < 4.78 is 5.09. The molecular formula is C11H23NO4S. The highest BCUT2D eigenvalue weighted by molar-refractivity contribution is 7.99. The number of carbonyl (C=O) groups excluding carboxylic acids is 1. The molecule has 0 aliphatic rings. The number of likely N-dealkylation sites (N-methyl/N-ethyl adjacent to an activating group) is 1. The maximum atomic E-state index is 11.5. The zero-order valence-corrected chi connectivity index (χ0v) is 11.6. The quantitative estimate of drug-likeness (QED) is 0.563. The van der Waals surface area contributed by atoms with Crippen LogP contribution >= 0.6 is 11.8 Å². The molecule has 0 amide bonds. The predicted molar refractivity (Wildman–Crippen MR) is 69.1 cm³/mol. The number of aliphatic hydroxyl groups is 2. The second kappa shape index (κ2) is 9.70. The summed E-state index contributed by atoms with van der Waals surface area (Å²) in [5.74, 6) is 0.634. The molecule has 17 heavy (non-hydrogen) atoms. The van der Waals surface area contributed by atoms with Crippen LogP contribution in [-0.2, 0) is 9.53 Å². The number of carbonyl (C=O) groups is 1. The van der Waals surface area contributed by atoms with E-state index in [0.29, 0.717) is 18.1 Å². The molecule has 2 N–H and O–H groups in total. The number of hydrogen-bond donors (Lipinski definition) is 2. The topological polar surface area (TPSA) is 70.0 Å². The van der Waals surface area contributed by atoms with Gasteiger partial charge in [0.1, 0.15) is 6.61 Å². The van der Waals surface area contributed by atoms with Gasteiger partial charge in [0.05, 0.1) is 18.6 Å². The minimum Gasteiger partial charge on any atom is -0.464 e. The molecule has 0 bridgehead atoms. The lowest BCUT2D eigenvalue weighted by molar-refractivity contribution is -0.147. The van der Waals surface area contributed by atoms with Crippen LogP contribution in [0.1, 0.15) is 6.92 Å². The second-order valence-corrected chi connectivity index (χ2v) is 5.32. The van der Waals surface area contributed by atoms with Crippen molar-refractivity contribution in [2.45, 2.75) is 13.0 Å². The van der Waals surface area contributed by atoms with Crippen molar-refractivity contribution in [3.05, 3.63) is 0 Å². The molecule has 0 saturated carbocycles. The fourth-order valence-corrected chi connectivity index (χ4v) is 1.98. The van der Waals surface area contributed by atoms with Gasteiger partial charge in [-0.15, -0.1) is 0 Å². The van der Waals surface area contributed by atoms with Crippen molar-refractivity contribution >= 4 is 17.7 Å². The molecule has 0 aliphatic heterocycles. The van der Waals surface area contributed by atoms with Crippen molar-refractivity contribution in [2.75, 3.05) is 45.4 Å². The van der Waals surface area contributed by atoms with Crippen LogP contribution in [0.3, 0.4) is 0 Å². The third-order valence-corrected chi connectivity index (χ3v) is 3.43. The van der Waals surface area contributed by atoms with E-state index in [0.717, 1.165) is 6.54 Å². The Morgan fingerprint density at radius 2 is 2.06 bits per heavy atom. The summed E-state index contributed by atoms with van der Waals surface area (Å²) in [6, 6.07) is 0. The number of esters is 1. The molecule has 0 aromatic heterocycles. The van der Waals surface area contributed by atoms with Crippen LogP contribution in [0.2, 0.25) is 0 Å². The van der Waals surface area contributed by atoms with Gasteiger partial charge in [0.25, 0.3) is 0 Å². The lowest BCUT2D eigenvalue weighted by atomic mass is 10.2. The first-order valence-electron chi connectivity index (χ1n) is 5.65. The van der Waals surface area contributed by atoms with Gasteiger partial charge < -0.3 is 19.8 Å². The number of ether oxygens (including phenoxy) is 1. The van der Waals surface area contributed by atoms with E-state index in [1.807, 2.05) is 19.0 Å². The van der Waals surface area contributed by atoms with E-state index in [9.17, 15) is 4.79 Å². The largest absolute Gasteiger partial charge is 0.464 e. The first kappa shape index (κ1) is 16.7. The Morgan fingerprint density at radius 1 is 1.41 bits per heavy atom. The average Bonchev–Trinajstić information content (AvgIpc) is 2.27. The number of thioether (sulfide) groups is 1. The molecule has 0 radical (unpaired) electrons. The monoisotopic (exact) mass is 265 g/mol. The number of nitrogens with zero attached hydrogens (tertiary/aromatic N) is 1. The van der Waals surface area contributed by atoms with Crippen LogP contribution in [0, 0.1) is 5.92 Å². The van der Waals surface area contributed by atoms with Crippen molar-refractivity contribution < 1.29 is 19.7 Å². The van der Waals surface area contributed by atoms with Crippen LogP contribution in [0.15, 0.2) is 0 Å². The van der Waals surface area contributed by atoms with E-state index < -0.39 is 6.10 Å². The van der Waals surface area contributed by atoms with Crippen LogP contribution in [0.4, 0.5) is 0 Å². The summed E-state index contributed by atoms with van der Waals surface area (Å²) in [6.07, 6.45) is -0.711. The Balaban J connectivity index is 3.60. The normalized spacial score (nSPS) is 14.7. The number of rotatable bonds is 9. The maximum absolute atomic E-state index is 11.5.